The largest absolute Gasteiger partial charge is 0.393 e. The van der Waals surface area contributed by atoms with E-state index in [-0.39, 0.29) is 23.8 Å². The van der Waals surface area contributed by atoms with E-state index >= 15 is 0 Å². The van der Waals surface area contributed by atoms with E-state index in [1.807, 2.05) is 0 Å². The summed E-state index contributed by atoms with van der Waals surface area (Å²) in [4.78, 5) is 20.4. The normalized spacial score (nSPS) is 28.0. The third-order valence-corrected chi connectivity index (χ3v) is 5.59. The monoisotopic (exact) mass is 413 g/mol. The lowest BCUT2D eigenvalue weighted by Gasteiger charge is -2.29. The zero-order valence-electron chi connectivity index (χ0n) is 16.3. The van der Waals surface area contributed by atoms with Crippen molar-refractivity contribution in [1.29, 1.82) is 0 Å². The van der Waals surface area contributed by atoms with Crippen LogP contribution in [0.2, 0.25) is 0 Å². The number of alkyl halides is 2. The van der Waals surface area contributed by atoms with Crippen LogP contribution in [0.3, 0.4) is 0 Å². The SMILES string of the molecule is NC(=O)c1cnc(NC2CCC(OC(F)F)CC2)nc1N[C@@H]1CCCC[C@@H](O)C1. The highest BCUT2D eigenvalue weighted by atomic mass is 19.3. The van der Waals surface area contributed by atoms with E-state index in [2.05, 4.69) is 25.3 Å². The number of hydrogen-bond acceptors (Lipinski definition) is 7. The van der Waals surface area contributed by atoms with Crippen molar-refractivity contribution in [2.75, 3.05) is 10.6 Å². The maximum Gasteiger partial charge on any atom is 0.345 e. The summed E-state index contributed by atoms with van der Waals surface area (Å²) in [5, 5.41) is 16.5. The van der Waals surface area contributed by atoms with Crippen LogP contribution in [0.1, 0.15) is 68.1 Å². The molecule has 10 heteroatoms. The maximum absolute atomic E-state index is 12.3. The summed E-state index contributed by atoms with van der Waals surface area (Å²) >= 11 is 0. The van der Waals surface area contributed by atoms with Crippen LogP contribution in [0.4, 0.5) is 20.5 Å². The first-order chi connectivity index (χ1) is 13.9. The molecule has 0 saturated heterocycles. The van der Waals surface area contributed by atoms with Crippen molar-refractivity contribution >= 4 is 17.7 Å². The second kappa shape index (κ2) is 10.1. The minimum Gasteiger partial charge on any atom is -0.393 e. The number of aromatic nitrogens is 2. The zero-order valence-corrected chi connectivity index (χ0v) is 16.3. The average Bonchev–Trinajstić information content (AvgIpc) is 2.86. The van der Waals surface area contributed by atoms with Gasteiger partial charge in [-0.05, 0) is 44.9 Å². The number of anilines is 2. The quantitative estimate of drug-likeness (QED) is 0.507. The average molecular weight is 413 g/mol. The third kappa shape index (κ3) is 6.46. The van der Waals surface area contributed by atoms with E-state index in [4.69, 9.17) is 5.73 Å². The summed E-state index contributed by atoms with van der Waals surface area (Å²) in [6.45, 7) is -2.75. The van der Waals surface area contributed by atoms with Gasteiger partial charge in [-0.2, -0.15) is 13.8 Å². The molecule has 0 aliphatic heterocycles. The lowest BCUT2D eigenvalue weighted by molar-refractivity contribution is -0.169. The number of halogens is 2. The third-order valence-electron chi connectivity index (χ3n) is 5.59. The van der Waals surface area contributed by atoms with Crippen LogP contribution in [0.5, 0.6) is 0 Å². The van der Waals surface area contributed by atoms with Gasteiger partial charge in [0.05, 0.1) is 17.8 Å². The summed E-state index contributed by atoms with van der Waals surface area (Å²) in [5.41, 5.74) is 5.66. The predicted molar refractivity (Wildman–Crippen MR) is 104 cm³/mol. The number of primary amides is 1. The van der Waals surface area contributed by atoms with E-state index in [9.17, 15) is 18.7 Å². The first-order valence-corrected chi connectivity index (χ1v) is 10.2. The molecule has 2 saturated carbocycles. The summed E-state index contributed by atoms with van der Waals surface area (Å²) in [6.07, 6.45) is 7.16. The number of aliphatic hydroxyl groups is 1. The Morgan fingerprint density at radius 3 is 2.55 bits per heavy atom. The van der Waals surface area contributed by atoms with Gasteiger partial charge in [0.25, 0.3) is 5.91 Å². The molecule has 1 aromatic heterocycles. The standard InChI is InChI=1S/C19H29F2N5O3/c20-18(21)29-14-7-5-11(6-8-14)25-19-23-10-15(16(22)28)17(26-19)24-12-3-1-2-4-13(27)9-12/h10-14,18,27H,1-9H2,(H2,22,28)(H2,23,24,25,26)/t11?,12-,13-,14?/m1/s1. The van der Waals surface area contributed by atoms with Gasteiger partial charge in [-0.15, -0.1) is 0 Å². The lowest BCUT2D eigenvalue weighted by Crippen LogP contribution is -2.31. The first-order valence-electron chi connectivity index (χ1n) is 10.2. The maximum atomic E-state index is 12.3. The molecule has 5 N–H and O–H groups in total. The van der Waals surface area contributed by atoms with Crippen LogP contribution >= 0.6 is 0 Å². The molecule has 2 aliphatic carbocycles. The Morgan fingerprint density at radius 1 is 1.14 bits per heavy atom. The number of carbonyl (C=O) groups is 1. The Labute approximate surface area is 168 Å². The summed E-state index contributed by atoms with van der Waals surface area (Å²) in [7, 11) is 0. The molecule has 0 spiro atoms. The number of ether oxygens (including phenoxy) is 1. The molecule has 2 aliphatic rings. The van der Waals surface area contributed by atoms with E-state index in [0.29, 0.717) is 43.9 Å². The van der Waals surface area contributed by atoms with Crippen LogP contribution < -0.4 is 16.4 Å². The van der Waals surface area contributed by atoms with Crippen molar-refractivity contribution < 1.29 is 23.4 Å². The Hall–Kier alpha value is -2.07. The molecule has 1 amide bonds. The van der Waals surface area contributed by atoms with Gasteiger partial charge >= 0.3 is 6.61 Å². The number of nitrogens with zero attached hydrogens (tertiary/aromatic N) is 2. The molecule has 0 radical (unpaired) electrons. The fraction of sp³-hybridized carbons (Fsp3) is 0.737. The molecule has 0 unspecified atom stereocenters. The molecule has 2 fully saturated rings. The lowest BCUT2D eigenvalue weighted by atomic mass is 9.93. The highest BCUT2D eigenvalue weighted by Crippen LogP contribution is 2.26. The minimum atomic E-state index is -2.75. The Bertz CT molecular complexity index is 686. The Balaban J connectivity index is 1.64. The van der Waals surface area contributed by atoms with Gasteiger partial charge in [-0.1, -0.05) is 12.8 Å². The van der Waals surface area contributed by atoms with E-state index in [1.54, 1.807) is 0 Å². The van der Waals surface area contributed by atoms with Gasteiger partial charge < -0.3 is 26.2 Å². The van der Waals surface area contributed by atoms with E-state index in [1.165, 1.54) is 6.20 Å². The molecule has 1 heterocycles. The number of rotatable bonds is 7. The van der Waals surface area contributed by atoms with Gasteiger partial charge in [-0.3, -0.25) is 4.79 Å². The molecule has 1 aromatic rings. The van der Waals surface area contributed by atoms with Crippen molar-refractivity contribution in [3.8, 4) is 0 Å². The fourth-order valence-electron chi connectivity index (χ4n) is 4.07. The van der Waals surface area contributed by atoms with E-state index in [0.717, 1.165) is 25.7 Å². The van der Waals surface area contributed by atoms with Crippen LogP contribution in [0.15, 0.2) is 6.20 Å². The Kier molecular flexibility index (Phi) is 7.54. The van der Waals surface area contributed by atoms with Crippen LogP contribution in [-0.2, 0) is 4.74 Å². The molecule has 2 atom stereocenters. The number of aliphatic hydroxyl groups excluding tert-OH is 1. The predicted octanol–water partition coefficient (Wildman–Crippen LogP) is 2.64. The highest BCUT2D eigenvalue weighted by Gasteiger charge is 2.25. The van der Waals surface area contributed by atoms with Gasteiger partial charge in [0, 0.05) is 18.3 Å². The first kappa shape index (κ1) is 21.6. The number of carbonyl (C=O) groups excluding carboxylic acids is 1. The van der Waals surface area contributed by atoms with Crippen LogP contribution in [0.25, 0.3) is 0 Å². The summed E-state index contributed by atoms with van der Waals surface area (Å²) in [5.74, 6) is 0.0756. The molecule has 8 nitrogen and oxygen atoms in total. The molecular formula is C19H29F2N5O3. The topological polar surface area (TPSA) is 122 Å². The second-order valence-corrected chi connectivity index (χ2v) is 7.85. The number of amides is 1. The van der Waals surface area contributed by atoms with Crippen molar-refractivity contribution in [2.24, 2.45) is 5.73 Å². The second-order valence-electron chi connectivity index (χ2n) is 7.85. The minimum absolute atomic E-state index is 0.00437. The van der Waals surface area contributed by atoms with Crippen LogP contribution in [0, 0.1) is 0 Å². The molecular weight excluding hydrogens is 384 g/mol. The van der Waals surface area contributed by atoms with E-state index < -0.39 is 18.6 Å². The fourth-order valence-corrected chi connectivity index (χ4v) is 4.07. The number of nitrogens with two attached hydrogens (primary N) is 1. The molecule has 29 heavy (non-hydrogen) atoms. The molecule has 0 bridgehead atoms. The van der Waals surface area contributed by atoms with Gasteiger partial charge in [0.1, 0.15) is 5.82 Å². The van der Waals surface area contributed by atoms with Gasteiger partial charge in [0.15, 0.2) is 0 Å². The van der Waals surface area contributed by atoms with Gasteiger partial charge in [0.2, 0.25) is 5.95 Å². The van der Waals surface area contributed by atoms with Crippen LogP contribution in [-0.4, -0.2) is 51.9 Å². The number of nitrogens with one attached hydrogen (secondary N) is 2. The van der Waals surface area contributed by atoms with Gasteiger partial charge in [-0.25, -0.2) is 4.98 Å². The van der Waals surface area contributed by atoms with Crippen molar-refractivity contribution in [3.63, 3.8) is 0 Å². The zero-order chi connectivity index (χ0) is 20.8. The molecule has 162 valence electrons. The van der Waals surface area contributed by atoms with Crippen molar-refractivity contribution in [1.82, 2.24) is 9.97 Å². The number of hydrogen-bond donors (Lipinski definition) is 4. The highest BCUT2D eigenvalue weighted by molar-refractivity contribution is 5.97. The molecule has 0 aromatic carbocycles. The molecule has 3 rings (SSSR count). The smallest absolute Gasteiger partial charge is 0.345 e. The Morgan fingerprint density at radius 2 is 1.86 bits per heavy atom. The summed E-state index contributed by atoms with van der Waals surface area (Å²) in [6, 6.07) is 0.0368. The van der Waals surface area contributed by atoms with Crippen molar-refractivity contribution in [2.45, 2.75) is 88.7 Å². The van der Waals surface area contributed by atoms with Crippen molar-refractivity contribution in [3.05, 3.63) is 11.8 Å². The summed E-state index contributed by atoms with van der Waals surface area (Å²) < 4.78 is 29.2.